The van der Waals surface area contributed by atoms with Crippen LogP contribution in [0.15, 0.2) is 0 Å². The fraction of sp³-hybridized carbons (Fsp3) is 0.875. The van der Waals surface area contributed by atoms with Crippen LogP contribution in [-0.4, -0.2) is 33.2 Å². The first kappa shape index (κ1) is 38.0. The maximum Gasteiger partial charge on any atom is 0.303 e. The molecule has 188 valence electrons. The minimum atomic E-state index is -0.677. The molecule has 0 aliphatic rings. The van der Waals surface area contributed by atoms with Crippen LogP contribution in [-0.2, 0) is 14.4 Å². The molecule has 0 rings (SSSR count). The van der Waals surface area contributed by atoms with Gasteiger partial charge in [0.25, 0.3) is 0 Å². The van der Waals surface area contributed by atoms with E-state index in [-0.39, 0.29) is 39.9 Å². The fourth-order valence-electron chi connectivity index (χ4n) is 2.49. The standard InChI is InChI=1S/3C8H16O2.Gd/c3*1-7(2)5-3-4-6-8(9)10;/h3*7H,3-6H2,1-2H3,(H,9,10);. The van der Waals surface area contributed by atoms with E-state index in [2.05, 4.69) is 41.5 Å². The van der Waals surface area contributed by atoms with Crippen LogP contribution in [0.4, 0.5) is 0 Å². The molecule has 3 N–H and O–H groups in total. The van der Waals surface area contributed by atoms with Gasteiger partial charge in [0, 0.05) is 59.2 Å². The molecule has 0 saturated heterocycles. The van der Waals surface area contributed by atoms with E-state index in [4.69, 9.17) is 15.3 Å². The number of rotatable bonds is 15. The van der Waals surface area contributed by atoms with E-state index in [9.17, 15) is 14.4 Å². The number of hydrogen-bond donors (Lipinski definition) is 3. The quantitative estimate of drug-likeness (QED) is 0.180. The Morgan fingerprint density at radius 3 is 0.806 bits per heavy atom. The molecule has 0 unspecified atom stereocenters. The predicted molar refractivity (Wildman–Crippen MR) is 123 cm³/mol. The van der Waals surface area contributed by atoms with Crippen molar-refractivity contribution in [2.45, 2.75) is 119 Å². The Kier molecular flexibility index (Phi) is 34.1. The van der Waals surface area contributed by atoms with Gasteiger partial charge >= 0.3 is 17.9 Å². The maximum atomic E-state index is 10.0. The molecular formula is C24H48GdO6. The number of hydrogen-bond acceptors (Lipinski definition) is 3. The Morgan fingerprint density at radius 1 is 0.484 bits per heavy atom. The zero-order valence-corrected chi connectivity index (χ0v) is 22.9. The number of carbonyl (C=O) groups is 3. The van der Waals surface area contributed by atoms with Crippen LogP contribution in [0, 0.1) is 57.7 Å². The first-order valence-corrected chi connectivity index (χ1v) is 11.5. The number of carboxylic acid groups (broad SMARTS) is 3. The summed E-state index contributed by atoms with van der Waals surface area (Å²) in [6.45, 7) is 12.9. The summed E-state index contributed by atoms with van der Waals surface area (Å²) in [7, 11) is 0. The number of aliphatic carboxylic acids is 3. The van der Waals surface area contributed by atoms with Crippen molar-refractivity contribution in [1.82, 2.24) is 0 Å². The van der Waals surface area contributed by atoms with Crippen LogP contribution in [0.2, 0.25) is 0 Å². The van der Waals surface area contributed by atoms with Gasteiger partial charge in [-0.3, -0.25) is 14.4 Å². The summed E-state index contributed by atoms with van der Waals surface area (Å²) in [5, 5.41) is 24.8. The van der Waals surface area contributed by atoms with Gasteiger partial charge in [0.2, 0.25) is 0 Å². The Bertz CT molecular complexity index is 360. The van der Waals surface area contributed by atoms with E-state index in [0.29, 0.717) is 37.0 Å². The van der Waals surface area contributed by atoms with Crippen LogP contribution in [0.5, 0.6) is 0 Å². The van der Waals surface area contributed by atoms with Crippen molar-refractivity contribution < 1.29 is 69.6 Å². The van der Waals surface area contributed by atoms with E-state index >= 15 is 0 Å². The Hall–Kier alpha value is -0.265. The summed E-state index contributed by atoms with van der Waals surface area (Å²) in [6.07, 6.45) is 10.0. The molecule has 7 heteroatoms. The van der Waals surface area contributed by atoms with Gasteiger partial charge in [-0.2, -0.15) is 0 Å². The molecule has 0 heterocycles. The summed E-state index contributed by atoms with van der Waals surface area (Å²) in [5.74, 6) is 0.0765. The smallest absolute Gasteiger partial charge is 0.303 e. The SMILES string of the molecule is CC(C)CCCCC(=O)O.CC(C)CCCCC(=O)O.CC(C)CCCCC(=O)O.[Gd]. The minimum Gasteiger partial charge on any atom is -0.481 e. The summed E-state index contributed by atoms with van der Waals surface area (Å²) < 4.78 is 0. The Morgan fingerprint density at radius 2 is 0.677 bits per heavy atom. The summed E-state index contributed by atoms with van der Waals surface area (Å²) in [4.78, 5) is 30.1. The van der Waals surface area contributed by atoms with Crippen molar-refractivity contribution in [1.29, 1.82) is 0 Å². The molecule has 0 atom stereocenters. The summed E-state index contributed by atoms with van der Waals surface area (Å²) >= 11 is 0. The summed E-state index contributed by atoms with van der Waals surface area (Å²) in [6, 6.07) is 0. The molecule has 6 nitrogen and oxygen atoms in total. The van der Waals surface area contributed by atoms with Crippen molar-refractivity contribution in [3.63, 3.8) is 0 Å². The third kappa shape index (κ3) is 53.2. The normalized spacial score (nSPS) is 9.97. The molecule has 0 aliphatic carbocycles. The third-order valence-electron chi connectivity index (χ3n) is 4.27. The van der Waals surface area contributed by atoms with Gasteiger partial charge in [0.05, 0.1) is 0 Å². The first-order valence-electron chi connectivity index (χ1n) is 11.5. The average molecular weight is 590 g/mol. The van der Waals surface area contributed by atoms with Gasteiger partial charge in [0.1, 0.15) is 0 Å². The zero-order chi connectivity index (χ0) is 23.9. The van der Waals surface area contributed by atoms with E-state index in [1.54, 1.807) is 0 Å². The molecule has 31 heavy (non-hydrogen) atoms. The second-order valence-electron chi connectivity index (χ2n) is 9.10. The van der Waals surface area contributed by atoms with Gasteiger partial charge < -0.3 is 15.3 Å². The minimum absolute atomic E-state index is 0. The first-order chi connectivity index (χ1) is 13.9. The molecule has 0 amide bonds. The fourth-order valence-corrected chi connectivity index (χ4v) is 2.49. The Balaban J connectivity index is -0.000000174. The maximum absolute atomic E-state index is 10.0. The predicted octanol–water partition coefficient (Wildman–Crippen LogP) is 6.86. The van der Waals surface area contributed by atoms with Crippen LogP contribution in [0.1, 0.15) is 119 Å². The third-order valence-corrected chi connectivity index (χ3v) is 4.27. The molecule has 0 aromatic carbocycles. The van der Waals surface area contributed by atoms with Gasteiger partial charge in [-0.15, -0.1) is 0 Å². The molecule has 0 aromatic heterocycles. The molecule has 0 aliphatic heterocycles. The van der Waals surface area contributed by atoms with Crippen LogP contribution in [0.25, 0.3) is 0 Å². The number of carboxylic acids is 3. The van der Waals surface area contributed by atoms with Gasteiger partial charge in [-0.1, -0.05) is 80.1 Å². The molecule has 0 saturated carbocycles. The average Bonchev–Trinajstić information content (AvgIpc) is 2.60. The van der Waals surface area contributed by atoms with Crippen molar-refractivity contribution in [2.24, 2.45) is 17.8 Å². The van der Waals surface area contributed by atoms with Gasteiger partial charge in [-0.25, -0.2) is 0 Å². The Labute approximate surface area is 222 Å². The van der Waals surface area contributed by atoms with Gasteiger partial charge in [0.15, 0.2) is 0 Å². The second kappa shape index (κ2) is 27.8. The second-order valence-corrected chi connectivity index (χ2v) is 9.10. The van der Waals surface area contributed by atoms with Gasteiger partial charge in [-0.05, 0) is 37.0 Å². The molecule has 0 radical (unpaired) electrons. The van der Waals surface area contributed by atoms with E-state index in [1.807, 2.05) is 0 Å². The molecule has 0 spiro atoms. The van der Waals surface area contributed by atoms with Crippen molar-refractivity contribution in [3.05, 3.63) is 0 Å². The van der Waals surface area contributed by atoms with Crippen LogP contribution >= 0.6 is 0 Å². The van der Waals surface area contributed by atoms with Crippen molar-refractivity contribution in [2.75, 3.05) is 0 Å². The molecule has 0 aromatic rings. The van der Waals surface area contributed by atoms with E-state index < -0.39 is 17.9 Å². The van der Waals surface area contributed by atoms with Crippen molar-refractivity contribution in [3.8, 4) is 0 Å². The van der Waals surface area contributed by atoms with Crippen LogP contribution in [0.3, 0.4) is 0 Å². The number of unbranched alkanes of at least 4 members (excludes halogenated alkanes) is 3. The molecular weight excluding hydrogens is 542 g/mol. The monoisotopic (exact) mass is 590 g/mol. The van der Waals surface area contributed by atoms with Crippen molar-refractivity contribution >= 4 is 17.9 Å². The molecule has 0 bridgehead atoms. The summed E-state index contributed by atoms with van der Waals surface area (Å²) in [5.41, 5.74) is 0. The molecule has 0 fully saturated rings. The van der Waals surface area contributed by atoms with E-state index in [0.717, 1.165) is 57.8 Å². The topological polar surface area (TPSA) is 112 Å². The van der Waals surface area contributed by atoms with E-state index in [1.165, 1.54) is 0 Å². The largest absolute Gasteiger partial charge is 0.481 e. The zero-order valence-electron chi connectivity index (χ0n) is 20.6. The van der Waals surface area contributed by atoms with Crippen LogP contribution < -0.4 is 0 Å².